The molecule has 0 bridgehead atoms. The molecule has 2 atom stereocenters. The molecule has 0 aliphatic carbocycles. The van der Waals surface area contributed by atoms with Crippen molar-refractivity contribution < 1.29 is 8.42 Å². The van der Waals surface area contributed by atoms with Crippen LogP contribution < -0.4 is 0 Å². The lowest BCUT2D eigenvalue weighted by Crippen LogP contribution is -2.42. The van der Waals surface area contributed by atoms with Crippen molar-refractivity contribution in [3.63, 3.8) is 0 Å². The van der Waals surface area contributed by atoms with Crippen LogP contribution in [0.5, 0.6) is 0 Å². The first kappa shape index (κ1) is 18.2. The van der Waals surface area contributed by atoms with Crippen LogP contribution in [-0.4, -0.2) is 35.2 Å². The normalized spacial score (nSPS) is 21.6. The van der Waals surface area contributed by atoms with Gasteiger partial charge >= 0.3 is 0 Å². The average Bonchev–Trinajstić information content (AvgIpc) is 3.04. The minimum Gasteiger partial charge on any atom is -0.306 e. The second kappa shape index (κ2) is 6.77. The third-order valence-electron chi connectivity index (χ3n) is 5.20. The van der Waals surface area contributed by atoms with Gasteiger partial charge in [-0.2, -0.15) is 4.31 Å². The van der Waals surface area contributed by atoms with Crippen molar-refractivity contribution in [2.45, 2.75) is 32.1 Å². The number of aromatic nitrogens is 2. The van der Waals surface area contributed by atoms with Crippen LogP contribution in [0.2, 0.25) is 0 Å². The van der Waals surface area contributed by atoms with Gasteiger partial charge in [0.2, 0.25) is 10.0 Å². The summed E-state index contributed by atoms with van der Waals surface area (Å²) in [5, 5.41) is 0. The minimum atomic E-state index is -3.50. The summed E-state index contributed by atoms with van der Waals surface area (Å²) in [7, 11) is -3.50. The molecule has 6 heteroatoms. The molecule has 1 fully saturated rings. The quantitative estimate of drug-likeness (QED) is 0.687. The maximum atomic E-state index is 13.2. The average molecular weight is 384 g/mol. The Morgan fingerprint density at radius 3 is 2.52 bits per heavy atom. The van der Waals surface area contributed by atoms with E-state index in [9.17, 15) is 8.42 Å². The topological polar surface area (TPSA) is 54.7 Å². The molecule has 0 spiro atoms. The predicted octanol–water partition coefficient (Wildman–Crippen LogP) is 3.98. The molecular weight excluding hydrogens is 358 g/mol. The van der Waals surface area contributed by atoms with E-state index in [2.05, 4.69) is 18.8 Å². The summed E-state index contributed by atoms with van der Waals surface area (Å²) in [4.78, 5) is 4.98. The van der Waals surface area contributed by atoms with Crippen LogP contribution >= 0.6 is 0 Å². The van der Waals surface area contributed by atoms with Gasteiger partial charge in [0, 0.05) is 31.0 Å². The Labute approximate surface area is 160 Å². The van der Waals surface area contributed by atoms with Crippen molar-refractivity contribution in [1.82, 2.24) is 13.7 Å². The molecule has 27 heavy (non-hydrogen) atoms. The molecule has 0 radical (unpaired) electrons. The van der Waals surface area contributed by atoms with Crippen molar-refractivity contribution in [1.29, 1.82) is 0 Å². The largest absolute Gasteiger partial charge is 0.306 e. The van der Waals surface area contributed by atoms with E-state index in [1.54, 1.807) is 22.5 Å². The van der Waals surface area contributed by atoms with Gasteiger partial charge in [-0.1, -0.05) is 32.0 Å². The van der Waals surface area contributed by atoms with Crippen LogP contribution in [0.3, 0.4) is 0 Å². The van der Waals surface area contributed by atoms with Gasteiger partial charge in [-0.25, -0.2) is 13.4 Å². The second-order valence-electron chi connectivity index (χ2n) is 7.89. The minimum absolute atomic E-state index is 0.342. The smallest absolute Gasteiger partial charge is 0.243 e. The number of imidazole rings is 1. The van der Waals surface area contributed by atoms with Gasteiger partial charge in [0.15, 0.2) is 0 Å². The highest BCUT2D eigenvalue weighted by atomic mass is 32.2. The van der Waals surface area contributed by atoms with Gasteiger partial charge in [-0.05, 0) is 48.9 Å². The lowest BCUT2D eigenvalue weighted by Gasteiger charge is -2.34. The number of piperidine rings is 1. The third kappa shape index (κ3) is 3.51. The molecular formula is C21H25N3O2S. The molecule has 1 aliphatic rings. The Morgan fingerprint density at radius 1 is 1.04 bits per heavy atom. The molecule has 0 unspecified atom stereocenters. The number of hydrogen-bond acceptors (Lipinski definition) is 3. The van der Waals surface area contributed by atoms with Crippen molar-refractivity contribution in [3.05, 3.63) is 54.4 Å². The van der Waals surface area contributed by atoms with Crippen molar-refractivity contribution in [2.75, 3.05) is 13.1 Å². The summed E-state index contributed by atoms with van der Waals surface area (Å²) in [6.45, 7) is 7.45. The molecule has 142 valence electrons. The molecule has 0 saturated carbocycles. The molecule has 1 saturated heterocycles. The van der Waals surface area contributed by atoms with Crippen molar-refractivity contribution >= 4 is 15.7 Å². The van der Waals surface area contributed by atoms with Gasteiger partial charge in [0.05, 0.1) is 10.6 Å². The fourth-order valence-electron chi connectivity index (χ4n) is 4.01. The molecule has 0 amide bonds. The van der Waals surface area contributed by atoms with Gasteiger partial charge in [0.25, 0.3) is 0 Å². The highest BCUT2D eigenvalue weighted by Gasteiger charge is 2.31. The molecule has 5 nitrogen and oxygen atoms in total. The highest BCUT2D eigenvalue weighted by molar-refractivity contribution is 7.89. The summed E-state index contributed by atoms with van der Waals surface area (Å²) in [5.41, 5.74) is 3.59. The Kier molecular flexibility index (Phi) is 4.56. The lowest BCUT2D eigenvalue weighted by atomic mass is 9.94. The van der Waals surface area contributed by atoms with Crippen LogP contribution in [-0.2, 0) is 10.0 Å². The third-order valence-corrected chi connectivity index (χ3v) is 7.03. The SMILES string of the molecule is Cc1ccc2nc(-c3cccc(S(=O)(=O)N4C[C@H](C)C[C@H](C)C4)c3)cn2c1. The molecule has 0 N–H and O–H groups in total. The molecule has 1 aromatic carbocycles. The monoisotopic (exact) mass is 383 g/mol. The van der Waals surface area contributed by atoms with E-state index in [0.29, 0.717) is 29.8 Å². The van der Waals surface area contributed by atoms with Crippen LogP contribution in [0.25, 0.3) is 16.9 Å². The van der Waals surface area contributed by atoms with E-state index in [0.717, 1.165) is 28.9 Å². The Hall–Kier alpha value is -2.18. The number of aryl methyl sites for hydroxylation is 1. The molecule has 3 aromatic rings. The number of benzene rings is 1. The Morgan fingerprint density at radius 2 is 1.78 bits per heavy atom. The highest BCUT2D eigenvalue weighted by Crippen LogP contribution is 2.29. The summed E-state index contributed by atoms with van der Waals surface area (Å²) < 4.78 is 30.0. The lowest BCUT2D eigenvalue weighted by molar-refractivity contribution is 0.222. The number of sulfonamides is 1. The first-order chi connectivity index (χ1) is 12.8. The van der Waals surface area contributed by atoms with Crippen LogP contribution in [0.15, 0.2) is 53.7 Å². The van der Waals surface area contributed by atoms with Crippen molar-refractivity contribution in [3.8, 4) is 11.3 Å². The summed E-state index contributed by atoms with van der Waals surface area (Å²) in [5.74, 6) is 0.766. The van der Waals surface area contributed by atoms with E-state index >= 15 is 0 Å². The summed E-state index contributed by atoms with van der Waals surface area (Å²) in [6, 6.07) is 11.1. The maximum absolute atomic E-state index is 13.2. The maximum Gasteiger partial charge on any atom is 0.243 e. The van der Waals surface area contributed by atoms with Crippen LogP contribution in [0.4, 0.5) is 0 Å². The van der Waals surface area contributed by atoms with Crippen LogP contribution in [0.1, 0.15) is 25.8 Å². The molecule has 3 heterocycles. The zero-order valence-corrected chi connectivity index (χ0v) is 16.8. The molecule has 4 rings (SSSR count). The fraction of sp³-hybridized carbons (Fsp3) is 0.381. The van der Waals surface area contributed by atoms with E-state index in [4.69, 9.17) is 0 Å². The van der Waals surface area contributed by atoms with Gasteiger partial charge in [0.1, 0.15) is 5.65 Å². The van der Waals surface area contributed by atoms with E-state index < -0.39 is 10.0 Å². The van der Waals surface area contributed by atoms with E-state index in [-0.39, 0.29) is 0 Å². The van der Waals surface area contributed by atoms with Gasteiger partial charge in [-0.15, -0.1) is 0 Å². The number of pyridine rings is 1. The Balaban J connectivity index is 1.71. The van der Waals surface area contributed by atoms with Gasteiger partial charge < -0.3 is 4.40 Å². The van der Waals surface area contributed by atoms with Gasteiger partial charge in [-0.3, -0.25) is 0 Å². The van der Waals surface area contributed by atoms with Crippen LogP contribution in [0, 0.1) is 18.8 Å². The number of rotatable bonds is 3. The predicted molar refractivity (Wildman–Crippen MR) is 107 cm³/mol. The second-order valence-corrected chi connectivity index (χ2v) is 9.83. The fourth-order valence-corrected chi connectivity index (χ4v) is 5.74. The molecule has 2 aromatic heterocycles. The summed E-state index contributed by atoms with van der Waals surface area (Å²) in [6.07, 6.45) is 5.04. The first-order valence-corrected chi connectivity index (χ1v) is 10.8. The zero-order valence-electron chi connectivity index (χ0n) is 16.0. The zero-order chi connectivity index (χ0) is 19.2. The van der Waals surface area contributed by atoms with Crippen molar-refractivity contribution in [2.24, 2.45) is 11.8 Å². The summed E-state index contributed by atoms with van der Waals surface area (Å²) >= 11 is 0. The number of fused-ring (bicyclic) bond motifs is 1. The van der Waals surface area contributed by atoms with E-state index in [1.807, 2.05) is 41.9 Å². The number of hydrogen-bond donors (Lipinski definition) is 0. The standard InChI is InChI=1S/C21H25N3O2S/c1-15-7-8-21-22-20(14-23(21)11-15)18-5-4-6-19(10-18)27(25,26)24-12-16(2)9-17(3)13-24/h4-8,10-11,14,16-17H,9,12-13H2,1-3H3/t16-,17+. The number of nitrogens with zero attached hydrogens (tertiary/aromatic N) is 3. The Bertz CT molecular complexity index is 1080. The first-order valence-electron chi connectivity index (χ1n) is 9.39. The molecule has 1 aliphatic heterocycles. The van der Waals surface area contributed by atoms with E-state index in [1.165, 1.54) is 0 Å².